The normalized spacial score (nSPS) is 9.31. The quantitative estimate of drug-likeness (QED) is 0.00617. The number of aromatic carboxylic acids is 1. The summed E-state index contributed by atoms with van der Waals surface area (Å²) in [6.45, 7) is 8.87. The number of H-pyrrole nitrogens is 10. The number of Topliss-reactive ketones (excluding diaryl/α,β-unsaturated/α-hetero) is 6. The first-order chi connectivity index (χ1) is 56.7. The highest BCUT2D eigenvalue weighted by Crippen LogP contribution is 1.96. The van der Waals surface area contributed by atoms with E-state index >= 15 is 0 Å². The van der Waals surface area contributed by atoms with Crippen LogP contribution >= 0.6 is 0 Å². The maximum absolute atomic E-state index is 11.5. The van der Waals surface area contributed by atoms with Crippen molar-refractivity contribution in [3.63, 3.8) is 0 Å². The Balaban J connectivity index is -0.000000431. The van der Waals surface area contributed by atoms with Gasteiger partial charge in [0.15, 0.2) is 53.9 Å². The molecule has 0 amide bonds. The molecule has 61 heteroatoms. The van der Waals surface area contributed by atoms with Gasteiger partial charge in [0.05, 0.1) is 54.5 Å². The van der Waals surface area contributed by atoms with Crippen molar-refractivity contribution < 1.29 is 109 Å². The van der Waals surface area contributed by atoms with Crippen LogP contribution < -0.4 is 137 Å². The second kappa shape index (κ2) is 58.3. The highest BCUT2D eigenvalue weighted by atomic mass is 16.6. The Morgan fingerprint density at radius 3 is 0.677 bits per heavy atom. The summed E-state index contributed by atoms with van der Waals surface area (Å²) in [5.74, 6) is -7.87. The molecular formula is C63H104N34O27+6. The number of carbonyl (C=O) groups excluding carboxylic acids is 12. The molecule has 0 aromatic carbocycles. The fourth-order valence-corrected chi connectivity index (χ4v) is 6.52. The van der Waals surface area contributed by atoms with Crippen LogP contribution in [0.3, 0.4) is 0 Å². The largest absolute Gasteiger partial charge is 0.477 e. The number of carboxylic acid groups (broad SMARTS) is 1. The second-order valence-corrected chi connectivity index (χ2v) is 24.3. The third-order valence-electron chi connectivity index (χ3n) is 12.6. The summed E-state index contributed by atoms with van der Waals surface area (Å²) >= 11 is 0. The molecule has 41 N–H and O–H groups in total. The van der Waals surface area contributed by atoms with E-state index in [1.54, 1.807) is 35.2 Å². The number of guanidine groups is 8. The first kappa shape index (κ1) is 115. The van der Waals surface area contributed by atoms with E-state index in [1.165, 1.54) is 85.9 Å². The van der Waals surface area contributed by atoms with Gasteiger partial charge in [0.25, 0.3) is 27.8 Å². The predicted molar refractivity (Wildman–Crippen MR) is 436 cm³/mol. The molecule has 0 spiro atoms. The van der Waals surface area contributed by atoms with E-state index in [0.717, 1.165) is 44.4 Å². The van der Waals surface area contributed by atoms with E-state index in [9.17, 15) is 110 Å². The minimum atomic E-state index is -1.34. The van der Waals surface area contributed by atoms with Gasteiger partial charge in [0, 0.05) is 51.4 Å². The van der Waals surface area contributed by atoms with Crippen LogP contribution in [0.15, 0.2) is 78.3 Å². The van der Waals surface area contributed by atoms with E-state index in [4.69, 9.17) is 96.2 Å². The molecule has 0 saturated heterocycles. The van der Waals surface area contributed by atoms with Crippen molar-refractivity contribution in [3.05, 3.63) is 163 Å². The molecule has 5 aromatic heterocycles. The molecule has 61 nitrogen and oxygen atoms in total. The molecule has 5 aromatic rings. The number of esters is 6. The van der Waals surface area contributed by atoms with Crippen molar-refractivity contribution in [2.45, 2.75) is 41.5 Å². The van der Waals surface area contributed by atoms with Crippen molar-refractivity contribution in [2.75, 3.05) is 109 Å². The van der Waals surface area contributed by atoms with Gasteiger partial charge in [-0.3, -0.25) is 185 Å². The van der Waals surface area contributed by atoms with Crippen LogP contribution in [0.1, 0.15) is 94.0 Å². The molecule has 0 aliphatic heterocycles. The lowest BCUT2D eigenvalue weighted by Crippen LogP contribution is -2.38. The van der Waals surface area contributed by atoms with Gasteiger partial charge in [-0.2, -0.15) is 0 Å². The molecule has 0 aliphatic carbocycles. The topological polar surface area (TPSA) is 1030 Å². The zero-order valence-corrected chi connectivity index (χ0v) is 69.3. The van der Waals surface area contributed by atoms with Crippen LogP contribution in [-0.4, -0.2) is 325 Å². The number of nitrogens with two attached hydrogens (primary N) is 14. The van der Waals surface area contributed by atoms with Gasteiger partial charge < -0.3 is 65.5 Å². The molecule has 0 saturated carbocycles. The summed E-state index contributed by atoms with van der Waals surface area (Å²) < 4.78 is 21.4. The van der Waals surface area contributed by atoms with Gasteiger partial charge in [-0.05, 0) is 34.6 Å². The third kappa shape index (κ3) is 58.3. The molecule has 0 aliphatic rings. The van der Waals surface area contributed by atoms with Crippen molar-refractivity contribution in [3.8, 4) is 0 Å². The van der Waals surface area contributed by atoms with Gasteiger partial charge >= 0.3 is 106 Å². The maximum Gasteiger partial charge on any atom is 0.362 e. The minimum Gasteiger partial charge on any atom is -0.477 e. The van der Waals surface area contributed by atoms with Gasteiger partial charge in [-0.25, -0.2) is 57.5 Å². The Kier molecular flexibility index (Phi) is 54.1. The van der Waals surface area contributed by atoms with E-state index in [2.05, 4.69) is 19.2 Å². The van der Waals surface area contributed by atoms with E-state index in [-0.39, 0.29) is 134 Å². The molecule has 682 valence electrons. The molecule has 0 unspecified atom stereocenters. The summed E-state index contributed by atoms with van der Waals surface area (Å²) in [6, 6.07) is 4.22. The highest BCUT2D eigenvalue weighted by Gasteiger charge is 2.20. The van der Waals surface area contributed by atoms with Crippen molar-refractivity contribution >= 4 is 124 Å². The van der Waals surface area contributed by atoms with E-state index in [0.29, 0.717) is 0 Å². The number of likely N-dealkylation sites (N-methyl/N-ethyl adjacent to an activating group) is 8. The standard InChI is InChI=1S/3C9H11N5O5.C6H6N2O3.5C5H11N3O.C5H4N2O4/c3*1-14(8(10)11)3-6(16)19-7(17)4-2-5(15)13-9(18)12-4;1-3(9)4-2-5(10)8-6(11)7-4;5*1-4(9)3-8(2)5(6)7;8-3-1-2(4(9)10)6-5(11)7-3/h2H,3H2,1H3,(H3,10,11)(H2,12,13,15,18);2*2H,3H2,1H3,(H5,10,11,12,13,15,18);2H,1H3,(H2,7,8,10,11);5*3H2,1-2H3,(H3,6,7);1H,(H,9,10)(H2,6,7,8,11)/p+6. The van der Waals surface area contributed by atoms with E-state index < -0.39 is 127 Å². The summed E-state index contributed by atoms with van der Waals surface area (Å²) in [6.07, 6.45) is 0. The molecule has 124 heavy (non-hydrogen) atoms. The number of carbonyl (C=O) groups is 13. The van der Waals surface area contributed by atoms with Crippen molar-refractivity contribution in [1.82, 2.24) is 59.6 Å². The lowest BCUT2D eigenvalue weighted by Gasteiger charge is -2.14. The van der Waals surface area contributed by atoms with Crippen LogP contribution in [0, 0.1) is 10.8 Å². The molecule has 5 heterocycles. The minimum absolute atomic E-state index is 0.00713. The van der Waals surface area contributed by atoms with Crippen molar-refractivity contribution in [2.24, 2.45) is 80.3 Å². The van der Waals surface area contributed by atoms with Gasteiger partial charge in [0.2, 0.25) is 0 Å². The van der Waals surface area contributed by atoms with Gasteiger partial charge in [-0.1, -0.05) is 0 Å². The average molecular weight is 1770 g/mol. The number of aromatic nitrogens is 10. The Bertz CT molecular complexity index is 5060. The SMILES string of the molecule is CC(=O)CN(C)C(=N)N.CC(=O)C[N+](C)=C(N)N.CC(=O)C[N+](C)=C(N)N.CC(=O)C[N+](C)=C(N)N.CC(=O)C[N+](C)=C(N)N.CC(=O)c1cc(=O)[nH]c(=O)[nH]1.CN(CC(=O)OC(=O)c1cc(=O)[nH]c(=O)[nH]1)C(=N)N.C[N+](CC(=O)OC(=O)c1cc(=O)[nH]c(=O)[nH]1)=C(N)N.C[N+](CC(=O)OC(=O)c1cc(=O)[nH]c(=O)[nH]1)=C(N)N.O=C(O)c1cc(=O)[nH]c(=O)[nH]1. The first-order valence-electron chi connectivity index (χ1n) is 33.5. The maximum atomic E-state index is 11.5. The zero-order chi connectivity index (χ0) is 97.8. The fourth-order valence-electron chi connectivity index (χ4n) is 6.52. The van der Waals surface area contributed by atoms with Gasteiger partial charge in [0.1, 0.15) is 61.3 Å². The number of hydrogen-bond donors (Lipinski definition) is 27. The third-order valence-corrected chi connectivity index (χ3v) is 12.6. The van der Waals surface area contributed by atoms with Gasteiger partial charge in [-0.15, -0.1) is 0 Å². The molecule has 0 fully saturated rings. The Labute approximate surface area is 695 Å². The van der Waals surface area contributed by atoms with Crippen LogP contribution in [0.25, 0.3) is 0 Å². The fraction of sp³-hybridized carbons (Fsp3) is 0.349. The van der Waals surface area contributed by atoms with E-state index in [1.807, 2.05) is 44.9 Å². The molecule has 5 rings (SSSR count). The molecular weight excluding hydrogens is 1660 g/mol. The monoisotopic (exact) mass is 1770 g/mol. The predicted octanol–water partition coefficient (Wildman–Crippen LogP) is -17.7. The Hall–Kier alpha value is -17.5. The van der Waals surface area contributed by atoms with Crippen LogP contribution in [-0.2, 0) is 52.6 Å². The number of nitrogens with one attached hydrogen (secondary N) is 12. The Morgan fingerprint density at radius 1 is 0.306 bits per heavy atom. The summed E-state index contributed by atoms with van der Waals surface area (Å²) in [4.78, 5) is 271. The summed E-state index contributed by atoms with van der Waals surface area (Å²) in [7, 11) is 12.4. The number of aromatic amines is 10. The zero-order valence-electron chi connectivity index (χ0n) is 69.3. The Morgan fingerprint density at radius 2 is 0.500 bits per heavy atom. The lowest BCUT2D eigenvalue weighted by atomic mass is 10.3. The van der Waals surface area contributed by atoms with Crippen LogP contribution in [0.4, 0.5) is 0 Å². The first-order valence-corrected chi connectivity index (χ1v) is 33.5. The molecule has 0 radical (unpaired) electrons. The summed E-state index contributed by atoms with van der Waals surface area (Å²) in [5, 5.41) is 22.2. The second-order valence-electron chi connectivity index (χ2n) is 24.3. The number of nitrogens with zero attached hydrogens (tertiary/aromatic N) is 8. The smallest absolute Gasteiger partial charge is 0.362 e. The number of ether oxygens (including phenoxy) is 3. The molecule has 0 bridgehead atoms. The number of ketones is 6. The number of hydrogen-bond acceptors (Lipinski definition) is 28. The number of carboxylic acids is 1. The lowest BCUT2D eigenvalue weighted by molar-refractivity contribution is -0.489. The highest BCUT2D eigenvalue weighted by molar-refractivity contribution is 5.98. The average Bonchev–Trinajstić information content (AvgIpc) is 0.854. The molecule has 0 atom stereocenters. The number of rotatable bonds is 21. The van der Waals surface area contributed by atoms with Crippen molar-refractivity contribution in [1.29, 1.82) is 10.8 Å². The summed E-state index contributed by atoms with van der Waals surface area (Å²) in [5.41, 5.74) is 62.6. The van der Waals surface area contributed by atoms with Crippen LogP contribution in [0.5, 0.6) is 0 Å². The van der Waals surface area contributed by atoms with Crippen LogP contribution in [0.2, 0.25) is 0 Å².